The van der Waals surface area contributed by atoms with Gasteiger partial charge in [-0.2, -0.15) is 4.31 Å². The van der Waals surface area contributed by atoms with E-state index in [4.69, 9.17) is 23.2 Å². The van der Waals surface area contributed by atoms with Gasteiger partial charge in [0, 0.05) is 13.1 Å². The fraction of sp³-hybridized carbons (Fsp3) is 0.316. The zero-order chi connectivity index (χ0) is 19.6. The van der Waals surface area contributed by atoms with Gasteiger partial charge in [-0.25, -0.2) is 8.42 Å². The number of nitrogens with zero attached hydrogens (tertiary/aromatic N) is 1. The van der Waals surface area contributed by atoms with Crippen molar-refractivity contribution >= 4 is 44.8 Å². The molecule has 2 aromatic rings. The fourth-order valence-electron chi connectivity index (χ4n) is 3.07. The molecule has 1 N–H and O–H groups in total. The van der Waals surface area contributed by atoms with E-state index in [0.29, 0.717) is 30.1 Å². The molecule has 2 aromatic carbocycles. The van der Waals surface area contributed by atoms with Crippen LogP contribution in [0.5, 0.6) is 0 Å². The van der Waals surface area contributed by atoms with Crippen LogP contribution in [0.3, 0.4) is 0 Å². The third kappa shape index (κ3) is 4.46. The summed E-state index contributed by atoms with van der Waals surface area (Å²) >= 11 is 12.1. The smallest absolute Gasteiger partial charge is 0.243 e. The van der Waals surface area contributed by atoms with Gasteiger partial charge in [-0.3, -0.25) is 4.79 Å². The monoisotopic (exact) mass is 426 g/mol. The van der Waals surface area contributed by atoms with Crippen LogP contribution in [-0.4, -0.2) is 31.7 Å². The lowest BCUT2D eigenvalue weighted by Gasteiger charge is -2.31. The van der Waals surface area contributed by atoms with Gasteiger partial charge in [-0.1, -0.05) is 47.0 Å². The molecule has 8 heteroatoms. The molecule has 1 aliphatic heterocycles. The SMILES string of the molecule is Cc1ccc(S(=O)(=O)N2CCC[C@@H](C(=O)Nc3cccc(Cl)c3Cl)C2)cc1. The standard InChI is InChI=1S/C19H20Cl2N2O3S/c1-13-7-9-15(10-8-13)27(25,26)23-11-3-4-14(12-23)19(24)22-17-6-2-5-16(20)18(17)21/h2,5-10,14H,3-4,11-12H2,1H3,(H,22,24)/t14-/m1/s1. The first kappa shape index (κ1) is 20.1. The van der Waals surface area contributed by atoms with Crippen molar-refractivity contribution in [2.45, 2.75) is 24.7 Å². The maximum atomic E-state index is 12.9. The first-order chi connectivity index (χ1) is 12.8. The third-order valence-electron chi connectivity index (χ3n) is 4.62. The Balaban J connectivity index is 1.74. The number of halogens is 2. The van der Waals surface area contributed by atoms with Gasteiger partial charge in [-0.05, 0) is 44.0 Å². The Labute approximate surface area is 169 Å². The van der Waals surface area contributed by atoms with Crippen molar-refractivity contribution < 1.29 is 13.2 Å². The molecule has 0 radical (unpaired) electrons. The van der Waals surface area contributed by atoms with E-state index < -0.39 is 15.9 Å². The molecule has 5 nitrogen and oxygen atoms in total. The molecule has 0 unspecified atom stereocenters. The number of carbonyl (C=O) groups is 1. The summed E-state index contributed by atoms with van der Waals surface area (Å²) in [6, 6.07) is 11.7. The zero-order valence-electron chi connectivity index (χ0n) is 14.8. The van der Waals surface area contributed by atoms with Gasteiger partial charge < -0.3 is 5.32 Å². The second kappa shape index (κ2) is 8.19. The normalized spacial score (nSPS) is 18.3. The molecule has 0 aliphatic carbocycles. The van der Waals surface area contributed by atoms with E-state index in [9.17, 15) is 13.2 Å². The molecule has 0 aromatic heterocycles. The summed E-state index contributed by atoms with van der Waals surface area (Å²) in [5.41, 5.74) is 1.41. The summed E-state index contributed by atoms with van der Waals surface area (Å²) in [4.78, 5) is 12.9. The summed E-state index contributed by atoms with van der Waals surface area (Å²) in [6.45, 7) is 2.44. The minimum atomic E-state index is -3.63. The van der Waals surface area contributed by atoms with Gasteiger partial charge in [0.05, 0.1) is 26.5 Å². The summed E-state index contributed by atoms with van der Waals surface area (Å²) in [5.74, 6) is -0.711. The van der Waals surface area contributed by atoms with Crippen molar-refractivity contribution in [3.63, 3.8) is 0 Å². The number of hydrogen-bond donors (Lipinski definition) is 1. The molecular weight excluding hydrogens is 407 g/mol. The van der Waals surface area contributed by atoms with Crippen LogP contribution in [0.1, 0.15) is 18.4 Å². The van der Waals surface area contributed by atoms with Gasteiger partial charge in [0.1, 0.15) is 0 Å². The molecule has 1 heterocycles. The Morgan fingerprint density at radius 2 is 1.85 bits per heavy atom. The van der Waals surface area contributed by atoms with E-state index in [1.165, 1.54) is 4.31 Å². The Kier molecular flexibility index (Phi) is 6.11. The van der Waals surface area contributed by atoms with Gasteiger partial charge in [0.25, 0.3) is 0 Å². The molecule has 1 amide bonds. The van der Waals surface area contributed by atoms with Crippen LogP contribution in [0.15, 0.2) is 47.4 Å². The van der Waals surface area contributed by atoms with E-state index in [-0.39, 0.29) is 22.4 Å². The third-order valence-corrected chi connectivity index (χ3v) is 7.32. The van der Waals surface area contributed by atoms with E-state index in [1.807, 2.05) is 6.92 Å². The van der Waals surface area contributed by atoms with Crippen LogP contribution >= 0.6 is 23.2 Å². The highest BCUT2D eigenvalue weighted by Crippen LogP contribution is 2.31. The van der Waals surface area contributed by atoms with E-state index in [2.05, 4.69) is 5.32 Å². The number of aryl methyl sites for hydroxylation is 1. The van der Waals surface area contributed by atoms with Crippen LogP contribution in [0.4, 0.5) is 5.69 Å². The number of piperidine rings is 1. The van der Waals surface area contributed by atoms with Crippen molar-refractivity contribution in [1.29, 1.82) is 0 Å². The highest BCUT2D eigenvalue weighted by Gasteiger charge is 2.33. The average Bonchev–Trinajstić information content (AvgIpc) is 2.66. The Bertz CT molecular complexity index is 946. The van der Waals surface area contributed by atoms with Crippen molar-refractivity contribution in [3.05, 3.63) is 58.1 Å². The van der Waals surface area contributed by atoms with Crippen molar-refractivity contribution in [2.75, 3.05) is 18.4 Å². The first-order valence-electron chi connectivity index (χ1n) is 8.61. The lowest BCUT2D eigenvalue weighted by Crippen LogP contribution is -2.43. The predicted octanol–water partition coefficient (Wildman–Crippen LogP) is 4.34. The van der Waals surface area contributed by atoms with Crippen LogP contribution in [0, 0.1) is 12.8 Å². The number of carbonyl (C=O) groups excluding carboxylic acids is 1. The van der Waals surface area contributed by atoms with Crippen molar-refractivity contribution in [2.24, 2.45) is 5.92 Å². The Morgan fingerprint density at radius 3 is 2.56 bits per heavy atom. The molecule has 144 valence electrons. The molecule has 1 aliphatic rings. The molecule has 3 rings (SSSR count). The van der Waals surface area contributed by atoms with E-state index in [1.54, 1.807) is 42.5 Å². The van der Waals surface area contributed by atoms with Gasteiger partial charge in [-0.15, -0.1) is 0 Å². The Hall–Kier alpha value is -1.60. The minimum absolute atomic E-state index is 0.139. The maximum Gasteiger partial charge on any atom is 0.243 e. The lowest BCUT2D eigenvalue weighted by molar-refractivity contribution is -0.120. The summed E-state index contributed by atoms with van der Waals surface area (Å²) in [7, 11) is -3.63. The first-order valence-corrected chi connectivity index (χ1v) is 10.8. The summed E-state index contributed by atoms with van der Waals surface area (Å²) in [5, 5.41) is 3.38. The van der Waals surface area contributed by atoms with E-state index in [0.717, 1.165) is 5.56 Å². The zero-order valence-corrected chi connectivity index (χ0v) is 17.1. The molecule has 27 heavy (non-hydrogen) atoms. The second-order valence-corrected chi connectivity index (χ2v) is 9.33. The quantitative estimate of drug-likeness (QED) is 0.790. The maximum absolute atomic E-state index is 12.9. The molecule has 1 atom stereocenters. The fourth-order valence-corrected chi connectivity index (χ4v) is 4.94. The van der Waals surface area contributed by atoms with Gasteiger partial charge in [0.15, 0.2) is 0 Å². The molecular formula is C19H20Cl2N2O3S. The largest absolute Gasteiger partial charge is 0.324 e. The number of nitrogens with one attached hydrogen (secondary N) is 1. The minimum Gasteiger partial charge on any atom is -0.324 e. The highest BCUT2D eigenvalue weighted by atomic mass is 35.5. The molecule has 0 saturated carbocycles. The topological polar surface area (TPSA) is 66.5 Å². The van der Waals surface area contributed by atoms with Gasteiger partial charge >= 0.3 is 0 Å². The second-order valence-electron chi connectivity index (χ2n) is 6.61. The number of amides is 1. The lowest BCUT2D eigenvalue weighted by atomic mass is 9.99. The van der Waals surface area contributed by atoms with Crippen LogP contribution < -0.4 is 5.32 Å². The number of anilines is 1. The van der Waals surface area contributed by atoms with Crippen molar-refractivity contribution in [3.8, 4) is 0 Å². The number of sulfonamides is 1. The van der Waals surface area contributed by atoms with E-state index >= 15 is 0 Å². The average molecular weight is 427 g/mol. The molecule has 1 saturated heterocycles. The summed E-state index contributed by atoms with van der Waals surface area (Å²) in [6.07, 6.45) is 1.23. The molecule has 0 spiro atoms. The molecule has 1 fully saturated rings. The number of hydrogen-bond acceptors (Lipinski definition) is 3. The number of rotatable bonds is 4. The van der Waals surface area contributed by atoms with Gasteiger partial charge in [0.2, 0.25) is 15.9 Å². The predicted molar refractivity (Wildman–Crippen MR) is 108 cm³/mol. The van der Waals surface area contributed by atoms with Crippen LogP contribution in [0.25, 0.3) is 0 Å². The van der Waals surface area contributed by atoms with Crippen LogP contribution in [-0.2, 0) is 14.8 Å². The van der Waals surface area contributed by atoms with Crippen molar-refractivity contribution in [1.82, 2.24) is 4.31 Å². The number of benzene rings is 2. The van der Waals surface area contributed by atoms with Crippen LogP contribution in [0.2, 0.25) is 10.0 Å². The highest BCUT2D eigenvalue weighted by molar-refractivity contribution is 7.89. The summed E-state index contributed by atoms with van der Waals surface area (Å²) < 4.78 is 27.1. The Morgan fingerprint density at radius 1 is 1.15 bits per heavy atom. The molecule has 0 bridgehead atoms.